The number of rotatable bonds is 8. The number of pyridine rings is 1. The Balaban J connectivity index is 1.65. The zero-order valence-corrected chi connectivity index (χ0v) is 24.7. The maximum atomic E-state index is 14.9. The Kier molecular flexibility index (Phi) is 10.1. The number of nitrogens with zero attached hydrogens (tertiary/aromatic N) is 2. The maximum absolute atomic E-state index is 14.9. The van der Waals surface area contributed by atoms with E-state index < -0.39 is 41.1 Å². The van der Waals surface area contributed by atoms with Gasteiger partial charge in [-0.3, -0.25) is 25.3 Å². The van der Waals surface area contributed by atoms with Gasteiger partial charge in [-0.1, -0.05) is 35.9 Å². The van der Waals surface area contributed by atoms with Crippen molar-refractivity contribution in [2.75, 3.05) is 19.8 Å². The predicted octanol–water partition coefficient (Wildman–Crippen LogP) is 4.92. The molecule has 0 unspecified atom stereocenters. The molecule has 1 atom stereocenters. The van der Waals surface area contributed by atoms with Gasteiger partial charge >= 0.3 is 6.09 Å². The van der Waals surface area contributed by atoms with E-state index in [1.54, 1.807) is 34.6 Å². The summed E-state index contributed by atoms with van der Waals surface area (Å²) in [6.45, 7) is 12.3. The van der Waals surface area contributed by atoms with Gasteiger partial charge in [-0.05, 0) is 46.8 Å². The number of carbonyl (C=O) groups is 3. The first kappa shape index (κ1) is 31.9. The molecule has 1 fully saturated rings. The largest absolute Gasteiger partial charge is 0.488 e. The fourth-order valence-electron chi connectivity index (χ4n) is 3.76. The van der Waals surface area contributed by atoms with Gasteiger partial charge in [0.1, 0.15) is 29.7 Å². The average Bonchev–Trinajstić information content (AvgIpc) is 3.18. The first-order chi connectivity index (χ1) is 19.1. The molecule has 11 nitrogen and oxygen atoms in total. The van der Waals surface area contributed by atoms with Crippen LogP contribution in [0.2, 0.25) is 10.2 Å². The van der Waals surface area contributed by atoms with Gasteiger partial charge in [-0.2, -0.15) is 0 Å². The van der Waals surface area contributed by atoms with Gasteiger partial charge < -0.3 is 18.9 Å². The van der Waals surface area contributed by atoms with Crippen LogP contribution in [0.1, 0.15) is 55.3 Å². The Morgan fingerprint density at radius 2 is 1.85 bits per heavy atom. The van der Waals surface area contributed by atoms with Crippen molar-refractivity contribution in [2.45, 2.75) is 52.0 Å². The SMILES string of the molecule is C=CCOc1cc(C(=O)NNC(=O)c2cc(F)c(OC[C@H]3COC(C)(C)N3C(=O)OC(C)(C)C)cc2Cl)cc(Cl)n1. The van der Waals surface area contributed by atoms with Gasteiger partial charge in [-0.25, -0.2) is 14.2 Å². The Bertz CT molecular complexity index is 1330. The molecule has 1 saturated heterocycles. The molecule has 0 spiro atoms. The molecule has 0 saturated carbocycles. The van der Waals surface area contributed by atoms with Crippen LogP contribution in [0.4, 0.5) is 9.18 Å². The average molecular weight is 613 g/mol. The summed E-state index contributed by atoms with van der Waals surface area (Å²) < 4.78 is 37.0. The van der Waals surface area contributed by atoms with Crippen LogP contribution in [0.15, 0.2) is 36.9 Å². The summed E-state index contributed by atoms with van der Waals surface area (Å²) in [5, 5.41) is -0.155. The zero-order chi connectivity index (χ0) is 30.5. The summed E-state index contributed by atoms with van der Waals surface area (Å²) in [7, 11) is 0. The third-order valence-corrected chi connectivity index (χ3v) is 6.04. The van der Waals surface area contributed by atoms with Crippen molar-refractivity contribution < 1.29 is 37.7 Å². The summed E-state index contributed by atoms with van der Waals surface area (Å²) >= 11 is 12.2. The molecule has 2 aromatic rings. The van der Waals surface area contributed by atoms with Gasteiger partial charge in [0.2, 0.25) is 5.88 Å². The summed E-state index contributed by atoms with van der Waals surface area (Å²) in [6.07, 6.45) is 0.889. The van der Waals surface area contributed by atoms with E-state index in [-0.39, 0.29) is 52.8 Å². The molecule has 14 heteroatoms. The standard InChI is InChI=1S/C27H31Cl2FN4O7/c1-7-8-38-22-10-15(9-21(29)31-22)23(35)32-33-24(36)17-11-19(30)20(12-18(17)28)39-13-16-14-40-27(5,6)34(16)25(37)41-26(2,3)4/h7,9-12,16H,1,8,13-14H2,2-6H3,(H,32,35)(H,33,36)/t16-/m0/s1. The van der Waals surface area contributed by atoms with E-state index in [9.17, 15) is 18.8 Å². The second-order valence-corrected chi connectivity index (χ2v) is 11.2. The van der Waals surface area contributed by atoms with Gasteiger partial charge in [0.15, 0.2) is 11.6 Å². The molecule has 1 aliphatic heterocycles. The van der Waals surface area contributed by atoms with Crippen LogP contribution in [0, 0.1) is 5.82 Å². The molecular formula is C27H31Cl2FN4O7. The molecule has 41 heavy (non-hydrogen) atoms. The van der Waals surface area contributed by atoms with Crippen molar-refractivity contribution in [3.8, 4) is 11.6 Å². The summed E-state index contributed by atoms with van der Waals surface area (Å²) in [4.78, 5) is 43.3. The quantitative estimate of drug-likeness (QED) is 0.244. The smallest absolute Gasteiger partial charge is 0.413 e. The van der Waals surface area contributed by atoms with Gasteiger partial charge in [-0.15, -0.1) is 0 Å². The van der Waals surface area contributed by atoms with Crippen LogP contribution < -0.4 is 20.3 Å². The Morgan fingerprint density at radius 3 is 2.51 bits per heavy atom. The van der Waals surface area contributed by atoms with E-state index in [4.69, 9.17) is 42.1 Å². The number of carbonyl (C=O) groups excluding carboxylic acids is 3. The molecule has 2 N–H and O–H groups in total. The topological polar surface area (TPSA) is 128 Å². The number of hydrogen-bond acceptors (Lipinski definition) is 8. The molecule has 1 aliphatic rings. The van der Waals surface area contributed by atoms with Crippen molar-refractivity contribution >= 4 is 41.1 Å². The lowest BCUT2D eigenvalue weighted by molar-refractivity contribution is -0.0637. The molecule has 0 bridgehead atoms. The van der Waals surface area contributed by atoms with Crippen LogP contribution in [0.5, 0.6) is 11.6 Å². The van der Waals surface area contributed by atoms with Crippen LogP contribution in [0.25, 0.3) is 0 Å². The van der Waals surface area contributed by atoms with Crippen LogP contribution in [-0.2, 0) is 9.47 Å². The highest BCUT2D eigenvalue weighted by molar-refractivity contribution is 6.34. The molecule has 3 amide bonds. The number of hydrazine groups is 1. The highest BCUT2D eigenvalue weighted by atomic mass is 35.5. The number of halogens is 3. The zero-order valence-electron chi connectivity index (χ0n) is 23.2. The first-order valence-electron chi connectivity index (χ1n) is 12.4. The van der Waals surface area contributed by atoms with Crippen molar-refractivity contribution in [3.63, 3.8) is 0 Å². The van der Waals surface area contributed by atoms with Crippen molar-refractivity contribution in [3.05, 3.63) is 64.0 Å². The minimum Gasteiger partial charge on any atom is -0.488 e. The van der Waals surface area contributed by atoms with E-state index in [0.717, 1.165) is 12.1 Å². The van der Waals surface area contributed by atoms with E-state index >= 15 is 0 Å². The van der Waals surface area contributed by atoms with E-state index in [1.165, 1.54) is 23.1 Å². The fraction of sp³-hybridized carbons (Fsp3) is 0.407. The fourth-order valence-corrected chi connectivity index (χ4v) is 4.20. The van der Waals surface area contributed by atoms with Crippen molar-refractivity contribution in [2.24, 2.45) is 0 Å². The number of amides is 3. The Hall–Kier alpha value is -3.61. The van der Waals surface area contributed by atoms with E-state index in [1.807, 2.05) is 0 Å². The lowest BCUT2D eigenvalue weighted by atomic mass is 10.2. The monoisotopic (exact) mass is 612 g/mol. The highest BCUT2D eigenvalue weighted by Gasteiger charge is 2.46. The van der Waals surface area contributed by atoms with Crippen LogP contribution in [0.3, 0.4) is 0 Å². The molecule has 0 radical (unpaired) electrons. The van der Waals surface area contributed by atoms with Gasteiger partial charge in [0.05, 0.1) is 23.2 Å². The third-order valence-electron chi connectivity index (χ3n) is 5.53. The van der Waals surface area contributed by atoms with Gasteiger partial charge in [0, 0.05) is 17.7 Å². The second kappa shape index (κ2) is 12.9. The number of benzene rings is 1. The van der Waals surface area contributed by atoms with E-state index in [0.29, 0.717) is 0 Å². The first-order valence-corrected chi connectivity index (χ1v) is 13.2. The molecule has 0 aliphatic carbocycles. The number of ether oxygens (including phenoxy) is 4. The number of nitrogens with one attached hydrogen (secondary N) is 2. The highest BCUT2D eigenvalue weighted by Crippen LogP contribution is 2.31. The normalized spacial score (nSPS) is 16.1. The lowest BCUT2D eigenvalue weighted by Gasteiger charge is -2.35. The third kappa shape index (κ3) is 8.44. The minimum atomic E-state index is -0.972. The predicted molar refractivity (Wildman–Crippen MR) is 149 cm³/mol. The summed E-state index contributed by atoms with van der Waals surface area (Å²) in [6, 6.07) is 3.99. The summed E-state index contributed by atoms with van der Waals surface area (Å²) in [5.74, 6) is -2.68. The summed E-state index contributed by atoms with van der Waals surface area (Å²) in [5.41, 5.74) is 2.44. The molecule has 2 heterocycles. The van der Waals surface area contributed by atoms with Crippen molar-refractivity contribution in [1.82, 2.24) is 20.7 Å². The Morgan fingerprint density at radius 1 is 1.17 bits per heavy atom. The van der Waals surface area contributed by atoms with Gasteiger partial charge in [0.25, 0.3) is 11.8 Å². The molecule has 222 valence electrons. The number of aromatic nitrogens is 1. The lowest BCUT2D eigenvalue weighted by Crippen LogP contribution is -2.51. The molecular weight excluding hydrogens is 582 g/mol. The van der Waals surface area contributed by atoms with Crippen LogP contribution >= 0.6 is 23.2 Å². The van der Waals surface area contributed by atoms with E-state index in [2.05, 4.69) is 22.4 Å². The number of hydrogen-bond donors (Lipinski definition) is 2. The van der Waals surface area contributed by atoms with Crippen molar-refractivity contribution in [1.29, 1.82) is 0 Å². The minimum absolute atomic E-state index is 0.00862. The molecule has 1 aromatic carbocycles. The molecule has 3 rings (SSSR count). The van der Waals surface area contributed by atoms with Crippen LogP contribution in [-0.4, -0.2) is 65.0 Å². The second-order valence-electron chi connectivity index (χ2n) is 10.4. The maximum Gasteiger partial charge on any atom is 0.413 e. The molecule has 1 aromatic heterocycles. The Labute approximate surface area is 246 Å².